The Balaban J connectivity index is 1.91. The number of benzene rings is 2. The number of ether oxygens (including phenoxy) is 1. The fourth-order valence-corrected chi connectivity index (χ4v) is 2.02. The molecule has 1 amide bonds. The Morgan fingerprint density at radius 1 is 1.14 bits per heavy atom. The van der Waals surface area contributed by atoms with E-state index >= 15 is 0 Å². The zero-order chi connectivity index (χ0) is 15.8. The van der Waals surface area contributed by atoms with Crippen molar-refractivity contribution in [2.75, 3.05) is 0 Å². The molecule has 4 heteroatoms. The van der Waals surface area contributed by atoms with Crippen molar-refractivity contribution in [2.24, 2.45) is 0 Å². The van der Waals surface area contributed by atoms with Crippen molar-refractivity contribution in [3.05, 3.63) is 71.3 Å². The van der Waals surface area contributed by atoms with Gasteiger partial charge in [0.15, 0.2) is 0 Å². The van der Waals surface area contributed by atoms with Crippen molar-refractivity contribution in [1.82, 2.24) is 5.32 Å². The summed E-state index contributed by atoms with van der Waals surface area (Å²) in [5.74, 6) is 0. The largest absolute Gasteiger partial charge is 0.445 e. The van der Waals surface area contributed by atoms with Crippen molar-refractivity contribution < 1.29 is 9.53 Å². The fourth-order valence-electron chi connectivity index (χ4n) is 2.02. The third-order valence-corrected chi connectivity index (χ3v) is 3.33. The lowest BCUT2D eigenvalue weighted by Crippen LogP contribution is -2.28. The summed E-state index contributed by atoms with van der Waals surface area (Å²) in [5, 5.41) is 11.8. The maximum Gasteiger partial charge on any atom is 0.408 e. The minimum Gasteiger partial charge on any atom is -0.445 e. The monoisotopic (exact) mass is 294 g/mol. The van der Waals surface area contributed by atoms with E-state index in [0.29, 0.717) is 0 Å². The number of carbonyl (C=O) groups excluding carboxylic acids is 1. The van der Waals surface area contributed by atoms with Gasteiger partial charge in [-0.2, -0.15) is 5.26 Å². The van der Waals surface area contributed by atoms with Gasteiger partial charge in [-0.1, -0.05) is 61.5 Å². The fraction of sp³-hybridized carbons (Fsp3) is 0.222. The number of nitrogens with zero attached hydrogens (tertiary/aromatic N) is 1. The van der Waals surface area contributed by atoms with Gasteiger partial charge in [-0.15, -0.1) is 0 Å². The van der Waals surface area contributed by atoms with Crippen LogP contribution in [0.2, 0.25) is 0 Å². The van der Waals surface area contributed by atoms with Crippen LogP contribution >= 0.6 is 0 Å². The first-order valence-corrected chi connectivity index (χ1v) is 7.18. The minimum atomic E-state index is -0.714. The first-order valence-electron chi connectivity index (χ1n) is 7.18. The Morgan fingerprint density at radius 3 is 2.41 bits per heavy atom. The van der Waals surface area contributed by atoms with Gasteiger partial charge in [0.05, 0.1) is 6.07 Å². The van der Waals surface area contributed by atoms with Gasteiger partial charge < -0.3 is 10.1 Å². The Morgan fingerprint density at radius 2 is 1.82 bits per heavy atom. The maximum absolute atomic E-state index is 11.8. The molecule has 1 atom stereocenters. The van der Waals surface area contributed by atoms with E-state index in [4.69, 9.17) is 4.74 Å². The van der Waals surface area contributed by atoms with Crippen molar-refractivity contribution >= 4 is 6.09 Å². The highest BCUT2D eigenvalue weighted by molar-refractivity contribution is 5.68. The highest BCUT2D eigenvalue weighted by atomic mass is 16.5. The molecule has 0 saturated heterocycles. The molecule has 1 N–H and O–H groups in total. The van der Waals surface area contributed by atoms with Crippen LogP contribution in [0.3, 0.4) is 0 Å². The van der Waals surface area contributed by atoms with E-state index in [9.17, 15) is 10.1 Å². The predicted octanol–water partition coefficient (Wildman–Crippen LogP) is 3.74. The second-order valence-corrected chi connectivity index (χ2v) is 4.86. The van der Waals surface area contributed by atoms with Crippen LogP contribution in [0.15, 0.2) is 54.6 Å². The number of hydrogen-bond donors (Lipinski definition) is 1. The van der Waals surface area contributed by atoms with Gasteiger partial charge in [0.25, 0.3) is 0 Å². The maximum atomic E-state index is 11.8. The molecule has 2 aromatic rings. The van der Waals surface area contributed by atoms with Crippen LogP contribution in [0, 0.1) is 11.3 Å². The second-order valence-electron chi connectivity index (χ2n) is 4.86. The smallest absolute Gasteiger partial charge is 0.408 e. The lowest BCUT2D eigenvalue weighted by atomic mass is 10.0. The first-order chi connectivity index (χ1) is 10.7. The van der Waals surface area contributed by atoms with Crippen LogP contribution in [-0.2, 0) is 17.8 Å². The van der Waals surface area contributed by atoms with Gasteiger partial charge in [0.1, 0.15) is 12.6 Å². The number of aryl methyl sites for hydroxylation is 1. The molecule has 2 aromatic carbocycles. The predicted molar refractivity (Wildman–Crippen MR) is 83.9 cm³/mol. The molecule has 0 aliphatic carbocycles. The molecule has 0 radical (unpaired) electrons. The lowest BCUT2D eigenvalue weighted by Gasteiger charge is -2.12. The summed E-state index contributed by atoms with van der Waals surface area (Å²) in [6, 6.07) is 18.4. The van der Waals surface area contributed by atoms with Gasteiger partial charge >= 0.3 is 6.09 Å². The topological polar surface area (TPSA) is 62.1 Å². The molecular formula is C18H18N2O2. The molecule has 0 bridgehead atoms. The van der Waals surface area contributed by atoms with Crippen molar-refractivity contribution in [3.8, 4) is 6.07 Å². The number of nitrogens with one attached hydrogen (secondary N) is 1. The number of rotatable bonds is 5. The Kier molecular flexibility index (Phi) is 5.56. The van der Waals surface area contributed by atoms with Gasteiger partial charge in [0.2, 0.25) is 0 Å². The first kappa shape index (κ1) is 15.6. The van der Waals surface area contributed by atoms with Gasteiger partial charge in [-0.05, 0) is 23.1 Å². The third-order valence-electron chi connectivity index (χ3n) is 3.33. The number of alkyl carbamates (subject to hydrolysis) is 1. The van der Waals surface area contributed by atoms with Crippen LogP contribution in [0.25, 0.3) is 0 Å². The highest BCUT2D eigenvalue weighted by Crippen LogP contribution is 2.14. The van der Waals surface area contributed by atoms with Crippen molar-refractivity contribution in [2.45, 2.75) is 26.0 Å². The molecule has 1 unspecified atom stereocenters. The van der Waals surface area contributed by atoms with Gasteiger partial charge in [0, 0.05) is 0 Å². The highest BCUT2D eigenvalue weighted by Gasteiger charge is 2.14. The van der Waals surface area contributed by atoms with Crippen LogP contribution in [0.5, 0.6) is 0 Å². The van der Waals surface area contributed by atoms with Crippen LogP contribution in [0.4, 0.5) is 4.79 Å². The normalized spacial score (nSPS) is 11.3. The van der Waals surface area contributed by atoms with Crippen LogP contribution in [-0.4, -0.2) is 6.09 Å². The number of amides is 1. The SMILES string of the molecule is CCc1ccc(C(C#N)NC(=O)OCc2ccccc2)cc1. The number of hydrogen-bond acceptors (Lipinski definition) is 3. The van der Waals surface area contributed by atoms with E-state index < -0.39 is 12.1 Å². The molecule has 0 fully saturated rings. The summed E-state index contributed by atoms with van der Waals surface area (Å²) in [6.45, 7) is 2.25. The summed E-state index contributed by atoms with van der Waals surface area (Å²) >= 11 is 0. The summed E-state index contributed by atoms with van der Waals surface area (Å²) < 4.78 is 5.13. The molecule has 0 heterocycles. The van der Waals surface area contributed by atoms with Crippen molar-refractivity contribution in [3.63, 3.8) is 0 Å². The zero-order valence-electron chi connectivity index (χ0n) is 12.5. The molecule has 112 valence electrons. The molecular weight excluding hydrogens is 276 g/mol. The molecule has 0 aliphatic heterocycles. The quantitative estimate of drug-likeness (QED) is 0.913. The standard InChI is InChI=1S/C18H18N2O2/c1-2-14-8-10-16(11-9-14)17(12-19)20-18(21)22-13-15-6-4-3-5-7-15/h3-11,17H,2,13H2,1H3,(H,20,21). The summed E-state index contributed by atoms with van der Waals surface area (Å²) in [6.07, 6.45) is 0.333. The van der Waals surface area contributed by atoms with Crippen molar-refractivity contribution in [1.29, 1.82) is 5.26 Å². The van der Waals surface area contributed by atoms with E-state index in [-0.39, 0.29) is 6.61 Å². The molecule has 0 spiro atoms. The van der Waals surface area contributed by atoms with Crippen LogP contribution < -0.4 is 5.32 Å². The molecule has 22 heavy (non-hydrogen) atoms. The lowest BCUT2D eigenvalue weighted by molar-refractivity contribution is 0.137. The second kappa shape index (κ2) is 7.84. The van der Waals surface area contributed by atoms with E-state index in [2.05, 4.69) is 18.3 Å². The van der Waals surface area contributed by atoms with Crippen LogP contribution in [0.1, 0.15) is 29.7 Å². The Labute approximate surface area is 130 Å². The van der Waals surface area contributed by atoms with E-state index in [1.807, 2.05) is 54.6 Å². The van der Waals surface area contributed by atoms with E-state index in [1.165, 1.54) is 5.56 Å². The number of nitriles is 1. The summed E-state index contributed by atoms with van der Waals surface area (Å²) in [5.41, 5.74) is 2.84. The average Bonchev–Trinajstić information content (AvgIpc) is 2.59. The van der Waals surface area contributed by atoms with E-state index in [0.717, 1.165) is 17.5 Å². The van der Waals surface area contributed by atoms with Gasteiger partial charge in [-0.3, -0.25) is 0 Å². The summed E-state index contributed by atoms with van der Waals surface area (Å²) in [7, 11) is 0. The molecule has 2 rings (SSSR count). The Bertz CT molecular complexity index is 645. The van der Waals surface area contributed by atoms with E-state index in [1.54, 1.807) is 0 Å². The summed E-state index contributed by atoms with van der Waals surface area (Å²) in [4.78, 5) is 11.8. The number of carbonyl (C=O) groups is 1. The molecule has 0 saturated carbocycles. The molecule has 0 aliphatic rings. The average molecular weight is 294 g/mol. The third kappa shape index (κ3) is 4.35. The molecule has 4 nitrogen and oxygen atoms in total. The minimum absolute atomic E-state index is 0.180. The Hall–Kier alpha value is -2.80. The molecule has 0 aromatic heterocycles. The van der Waals surface area contributed by atoms with Gasteiger partial charge in [-0.25, -0.2) is 4.79 Å². The zero-order valence-corrected chi connectivity index (χ0v) is 12.5.